The normalized spacial score (nSPS) is 12.1. The molecule has 0 aliphatic rings. The Hall–Kier alpha value is -0.710. The summed E-state index contributed by atoms with van der Waals surface area (Å²) >= 11 is 1.27. The van der Waals surface area contributed by atoms with E-state index in [1.807, 2.05) is 34.6 Å². The van der Waals surface area contributed by atoms with Gasteiger partial charge in [-0.3, -0.25) is 4.79 Å². The molecule has 0 fully saturated rings. The Kier molecular flexibility index (Phi) is 6.02. The van der Waals surface area contributed by atoms with Crippen LogP contribution in [0.25, 0.3) is 0 Å². The fraction of sp³-hybridized carbons (Fsp3) is 0.833. The molecule has 0 bridgehead atoms. The second-order valence-electron chi connectivity index (χ2n) is 5.60. The van der Waals surface area contributed by atoms with Gasteiger partial charge in [0.15, 0.2) is 5.12 Å². The van der Waals surface area contributed by atoms with Gasteiger partial charge >= 0.3 is 6.09 Å². The van der Waals surface area contributed by atoms with Crippen LogP contribution < -0.4 is 5.32 Å². The van der Waals surface area contributed by atoms with E-state index < -0.39 is 11.7 Å². The van der Waals surface area contributed by atoms with E-state index in [1.165, 1.54) is 11.8 Å². The SMILES string of the molecule is CC(=O)SCCC(C)(C)NC(=O)OC(C)(C)C. The number of alkyl carbamates (subject to hydrolysis) is 1. The lowest BCUT2D eigenvalue weighted by Crippen LogP contribution is -2.46. The van der Waals surface area contributed by atoms with Gasteiger partial charge in [0.05, 0.1) is 0 Å². The standard InChI is InChI=1S/C12H23NO3S/c1-9(14)17-8-7-12(5,6)13-10(15)16-11(2,3)4/h7-8H2,1-6H3,(H,13,15). The molecule has 0 saturated heterocycles. The molecule has 4 nitrogen and oxygen atoms in total. The first-order chi connectivity index (χ1) is 7.52. The van der Waals surface area contributed by atoms with Crippen molar-refractivity contribution in [1.82, 2.24) is 5.32 Å². The van der Waals surface area contributed by atoms with Crippen molar-refractivity contribution in [3.63, 3.8) is 0 Å². The molecule has 0 aliphatic carbocycles. The molecule has 0 aromatic rings. The lowest BCUT2D eigenvalue weighted by Gasteiger charge is -2.28. The van der Waals surface area contributed by atoms with Crippen LogP contribution in [0.5, 0.6) is 0 Å². The minimum Gasteiger partial charge on any atom is -0.444 e. The van der Waals surface area contributed by atoms with Gasteiger partial charge in [-0.2, -0.15) is 0 Å². The van der Waals surface area contributed by atoms with Crippen molar-refractivity contribution in [1.29, 1.82) is 0 Å². The highest BCUT2D eigenvalue weighted by molar-refractivity contribution is 8.13. The number of hydrogen-bond acceptors (Lipinski definition) is 4. The first-order valence-corrected chi connectivity index (χ1v) is 6.65. The number of nitrogens with one attached hydrogen (secondary N) is 1. The highest BCUT2D eigenvalue weighted by Gasteiger charge is 2.24. The first kappa shape index (κ1) is 16.3. The molecule has 0 saturated carbocycles. The Morgan fingerprint density at radius 3 is 2.12 bits per heavy atom. The number of ether oxygens (including phenoxy) is 1. The molecule has 0 heterocycles. The van der Waals surface area contributed by atoms with Crippen molar-refractivity contribution in [2.75, 3.05) is 5.75 Å². The van der Waals surface area contributed by atoms with Gasteiger partial charge in [-0.1, -0.05) is 11.8 Å². The average molecular weight is 261 g/mol. The zero-order valence-electron chi connectivity index (χ0n) is 11.5. The highest BCUT2D eigenvalue weighted by atomic mass is 32.2. The summed E-state index contributed by atoms with van der Waals surface area (Å²) in [7, 11) is 0. The molecule has 17 heavy (non-hydrogen) atoms. The maximum Gasteiger partial charge on any atom is 0.408 e. The van der Waals surface area contributed by atoms with Crippen molar-refractivity contribution in [3.05, 3.63) is 0 Å². The van der Waals surface area contributed by atoms with Gasteiger partial charge in [0.2, 0.25) is 0 Å². The lowest BCUT2D eigenvalue weighted by atomic mass is 10.0. The monoisotopic (exact) mass is 261 g/mol. The molecular weight excluding hydrogens is 238 g/mol. The van der Waals surface area contributed by atoms with Gasteiger partial charge < -0.3 is 10.1 Å². The van der Waals surface area contributed by atoms with Gasteiger partial charge in [0.25, 0.3) is 0 Å². The molecule has 5 heteroatoms. The van der Waals surface area contributed by atoms with Crippen LogP contribution in [0.2, 0.25) is 0 Å². The first-order valence-electron chi connectivity index (χ1n) is 5.66. The van der Waals surface area contributed by atoms with Crippen LogP contribution in [0.3, 0.4) is 0 Å². The molecule has 1 N–H and O–H groups in total. The van der Waals surface area contributed by atoms with Gasteiger partial charge in [-0.25, -0.2) is 4.79 Å². The number of amides is 1. The van der Waals surface area contributed by atoms with Crippen molar-refractivity contribution >= 4 is 23.0 Å². The van der Waals surface area contributed by atoms with Crippen molar-refractivity contribution in [3.8, 4) is 0 Å². The Morgan fingerprint density at radius 2 is 1.71 bits per heavy atom. The Morgan fingerprint density at radius 1 is 1.18 bits per heavy atom. The third kappa shape index (κ3) is 10.2. The average Bonchev–Trinajstić information content (AvgIpc) is 1.96. The summed E-state index contributed by atoms with van der Waals surface area (Å²) in [6.45, 7) is 10.8. The predicted molar refractivity (Wildman–Crippen MR) is 71.2 cm³/mol. The van der Waals surface area contributed by atoms with Crippen LogP contribution in [-0.4, -0.2) is 28.1 Å². The van der Waals surface area contributed by atoms with E-state index in [0.29, 0.717) is 5.75 Å². The minimum atomic E-state index is -0.492. The number of carbonyl (C=O) groups excluding carboxylic acids is 2. The number of carbonyl (C=O) groups is 2. The summed E-state index contributed by atoms with van der Waals surface area (Å²) in [5.74, 6) is 0.693. The topological polar surface area (TPSA) is 55.4 Å². The molecule has 0 unspecified atom stereocenters. The smallest absolute Gasteiger partial charge is 0.408 e. The molecule has 0 aromatic carbocycles. The Balaban J connectivity index is 4.07. The van der Waals surface area contributed by atoms with E-state index >= 15 is 0 Å². The second-order valence-corrected chi connectivity index (χ2v) is 6.87. The van der Waals surface area contributed by atoms with Crippen molar-refractivity contribution in [2.24, 2.45) is 0 Å². The third-order valence-electron chi connectivity index (χ3n) is 1.87. The molecule has 0 rings (SSSR count). The van der Waals surface area contributed by atoms with Crippen LogP contribution in [-0.2, 0) is 9.53 Å². The highest BCUT2D eigenvalue weighted by Crippen LogP contribution is 2.15. The minimum absolute atomic E-state index is 0.0954. The van der Waals surface area contributed by atoms with Crippen LogP contribution in [0.4, 0.5) is 4.79 Å². The summed E-state index contributed by atoms with van der Waals surface area (Å²) in [5.41, 5.74) is -0.862. The molecule has 1 amide bonds. The summed E-state index contributed by atoms with van der Waals surface area (Å²) in [5, 5.41) is 2.90. The quantitative estimate of drug-likeness (QED) is 0.845. The molecule has 0 aliphatic heterocycles. The van der Waals surface area contributed by atoms with E-state index in [0.717, 1.165) is 6.42 Å². The van der Waals surface area contributed by atoms with Crippen molar-refractivity contribution < 1.29 is 14.3 Å². The third-order valence-corrected chi connectivity index (χ3v) is 2.69. The maximum absolute atomic E-state index is 11.6. The number of hydrogen-bond donors (Lipinski definition) is 1. The van der Waals surface area contributed by atoms with Crippen LogP contribution in [0.15, 0.2) is 0 Å². The second kappa shape index (κ2) is 6.28. The van der Waals surface area contributed by atoms with E-state index in [9.17, 15) is 9.59 Å². The van der Waals surface area contributed by atoms with E-state index in [4.69, 9.17) is 4.74 Å². The van der Waals surface area contributed by atoms with Gasteiger partial charge in [-0.05, 0) is 41.0 Å². The number of rotatable bonds is 4. The Bertz CT molecular complexity index is 282. The fourth-order valence-electron chi connectivity index (χ4n) is 1.09. The van der Waals surface area contributed by atoms with E-state index in [-0.39, 0.29) is 10.7 Å². The van der Waals surface area contributed by atoms with Gasteiger partial charge in [0, 0.05) is 18.2 Å². The largest absolute Gasteiger partial charge is 0.444 e. The predicted octanol–water partition coefficient (Wildman–Crippen LogP) is 2.96. The molecular formula is C12H23NO3S. The molecule has 0 radical (unpaired) electrons. The molecule has 0 spiro atoms. The van der Waals surface area contributed by atoms with Crippen LogP contribution in [0, 0.1) is 0 Å². The zero-order chi connectivity index (χ0) is 13.7. The van der Waals surface area contributed by atoms with Crippen LogP contribution in [0.1, 0.15) is 48.0 Å². The summed E-state index contributed by atoms with van der Waals surface area (Å²) < 4.78 is 5.18. The zero-order valence-corrected chi connectivity index (χ0v) is 12.4. The van der Waals surface area contributed by atoms with Gasteiger partial charge in [-0.15, -0.1) is 0 Å². The summed E-state index contributed by atoms with van der Waals surface area (Å²) in [6.07, 6.45) is 0.298. The molecule has 100 valence electrons. The van der Waals surface area contributed by atoms with Crippen LogP contribution >= 0.6 is 11.8 Å². The Labute approximate surface area is 108 Å². The van der Waals surface area contributed by atoms with E-state index in [2.05, 4.69) is 5.32 Å². The molecule has 0 aromatic heterocycles. The fourth-order valence-corrected chi connectivity index (χ4v) is 1.99. The number of thioether (sulfide) groups is 1. The lowest BCUT2D eigenvalue weighted by molar-refractivity contribution is -0.109. The maximum atomic E-state index is 11.6. The summed E-state index contributed by atoms with van der Waals surface area (Å²) in [4.78, 5) is 22.4. The van der Waals surface area contributed by atoms with E-state index in [1.54, 1.807) is 6.92 Å². The van der Waals surface area contributed by atoms with Crippen molar-refractivity contribution in [2.45, 2.75) is 59.1 Å². The molecule has 0 atom stereocenters. The summed E-state index contributed by atoms with van der Waals surface area (Å²) in [6, 6.07) is 0. The van der Waals surface area contributed by atoms with Gasteiger partial charge in [0.1, 0.15) is 5.60 Å².